The van der Waals surface area contributed by atoms with Crippen LogP contribution in [0.3, 0.4) is 0 Å². The van der Waals surface area contributed by atoms with E-state index in [9.17, 15) is 0 Å². The number of rotatable bonds is 3. The van der Waals surface area contributed by atoms with E-state index >= 15 is 0 Å². The molecule has 0 fully saturated rings. The van der Waals surface area contributed by atoms with Crippen LogP contribution in [0.15, 0.2) is 73.1 Å². The van der Waals surface area contributed by atoms with Crippen LogP contribution in [0.4, 0.5) is 0 Å². The van der Waals surface area contributed by atoms with Crippen LogP contribution < -0.4 is 15.5 Å². The van der Waals surface area contributed by atoms with Crippen molar-refractivity contribution in [2.45, 2.75) is 5.91 Å². The molecule has 102 valence electrons. The maximum atomic E-state index is 2.35. The fourth-order valence-corrected chi connectivity index (χ4v) is 5.50. The topological polar surface area (TPSA) is 7.68 Å². The van der Waals surface area contributed by atoms with Gasteiger partial charge in [0.25, 0.3) is 0 Å². The molecule has 2 nitrogen and oxygen atoms in total. The van der Waals surface area contributed by atoms with Crippen LogP contribution in [0.5, 0.6) is 0 Å². The highest BCUT2D eigenvalue weighted by Crippen LogP contribution is 2.38. The minimum absolute atomic E-state index is 0.404. The van der Waals surface area contributed by atoms with Crippen LogP contribution in [0, 0.1) is 0 Å². The lowest BCUT2D eigenvalue weighted by atomic mass is 10.4. The van der Waals surface area contributed by atoms with Crippen LogP contribution in [-0.2, 0) is 0 Å². The third-order valence-electron chi connectivity index (χ3n) is 3.68. The molecule has 0 aliphatic carbocycles. The van der Waals surface area contributed by atoms with Crippen molar-refractivity contribution in [1.29, 1.82) is 0 Å². The molecule has 1 N–H and O–H groups in total. The predicted octanol–water partition coefficient (Wildman–Crippen LogP) is 1.33. The van der Waals surface area contributed by atoms with Crippen molar-refractivity contribution in [1.82, 2.24) is 4.90 Å². The number of hydrogen-bond acceptors (Lipinski definition) is 1. The average molecular weight is 283 g/mol. The molecule has 1 aliphatic heterocycles. The summed E-state index contributed by atoms with van der Waals surface area (Å²) in [5.74, 6) is 0.467. The predicted molar refractivity (Wildman–Crippen MR) is 86.6 cm³/mol. The fraction of sp³-hybridized carbons (Fsp3) is 0.176. The van der Waals surface area contributed by atoms with Crippen LogP contribution in [-0.4, -0.2) is 24.9 Å². The third-order valence-corrected chi connectivity index (χ3v) is 6.65. The highest BCUT2D eigenvalue weighted by molar-refractivity contribution is 7.73. The van der Waals surface area contributed by atoms with Crippen molar-refractivity contribution >= 4 is 18.5 Å². The van der Waals surface area contributed by atoms with Crippen molar-refractivity contribution in [3.05, 3.63) is 73.1 Å². The zero-order valence-corrected chi connectivity index (χ0v) is 12.8. The molecule has 2 atom stereocenters. The van der Waals surface area contributed by atoms with Gasteiger partial charge in [0, 0.05) is 15.0 Å². The molecule has 3 rings (SSSR count). The number of nitrogens with one attached hydrogen (secondary N) is 1. The minimum Gasteiger partial charge on any atom is -0.323 e. The van der Waals surface area contributed by atoms with Gasteiger partial charge in [-0.15, -0.1) is 0 Å². The molecule has 0 aromatic heterocycles. The summed E-state index contributed by atoms with van der Waals surface area (Å²) in [5, 5.41) is 2.88. The molecule has 0 amide bonds. The standard InChI is InChI=1S/C17H19N2P/c1-18-13-14-19(2)17(18)20(15-9-5-3-6-10-15)16-11-7-4-8-12-16/h3-14,17H,1-2H3/p+1. The summed E-state index contributed by atoms with van der Waals surface area (Å²) in [7, 11) is 4.02. The normalized spacial score (nSPS) is 21.6. The Kier molecular flexibility index (Phi) is 3.86. The van der Waals surface area contributed by atoms with Gasteiger partial charge in [-0.2, -0.15) is 0 Å². The van der Waals surface area contributed by atoms with E-state index in [4.69, 9.17) is 0 Å². The van der Waals surface area contributed by atoms with Gasteiger partial charge in [0.15, 0.2) is 5.91 Å². The quantitative estimate of drug-likeness (QED) is 0.835. The smallest absolute Gasteiger partial charge is 0.192 e. The monoisotopic (exact) mass is 283 g/mol. The lowest BCUT2D eigenvalue weighted by Gasteiger charge is -2.31. The Morgan fingerprint density at radius 2 is 1.40 bits per heavy atom. The Balaban J connectivity index is 2.05. The van der Waals surface area contributed by atoms with E-state index in [0.717, 1.165) is 0 Å². The number of benzene rings is 2. The zero-order chi connectivity index (χ0) is 13.9. The summed E-state index contributed by atoms with van der Waals surface area (Å²) < 4.78 is 0. The first-order valence-corrected chi connectivity index (χ1v) is 8.31. The maximum Gasteiger partial charge on any atom is 0.192 e. The van der Waals surface area contributed by atoms with Crippen LogP contribution >= 0.6 is 7.92 Å². The van der Waals surface area contributed by atoms with Crippen molar-refractivity contribution in [2.75, 3.05) is 14.1 Å². The first-order valence-electron chi connectivity index (χ1n) is 6.90. The van der Waals surface area contributed by atoms with Gasteiger partial charge < -0.3 is 4.90 Å². The van der Waals surface area contributed by atoms with E-state index in [1.54, 1.807) is 0 Å². The fourth-order valence-electron chi connectivity index (χ4n) is 2.72. The van der Waals surface area contributed by atoms with E-state index in [1.165, 1.54) is 15.5 Å². The van der Waals surface area contributed by atoms with Crippen molar-refractivity contribution in [3.63, 3.8) is 0 Å². The second kappa shape index (κ2) is 5.78. The molecule has 3 heteroatoms. The second-order valence-electron chi connectivity index (χ2n) is 5.14. The summed E-state index contributed by atoms with van der Waals surface area (Å²) in [6.45, 7) is 0. The lowest BCUT2D eigenvalue weighted by Crippen LogP contribution is -3.08. The largest absolute Gasteiger partial charge is 0.323 e. The molecule has 1 aliphatic rings. The molecule has 0 spiro atoms. The molecule has 0 radical (unpaired) electrons. The molecule has 0 saturated carbocycles. The SMILES string of the molecule is CN1C=C[NH+](C)C1P(c1ccccc1)c1ccccc1. The highest BCUT2D eigenvalue weighted by atomic mass is 31.1. The molecule has 2 aromatic rings. The lowest BCUT2D eigenvalue weighted by molar-refractivity contribution is -0.839. The summed E-state index contributed by atoms with van der Waals surface area (Å²) in [4.78, 5) is 3.80. The van der Waals surface area contributed by atoms with E-state index in [1.807, 2.05) is 0 Å². The highest BCUT2D eigenvalue weighted by Gasteiger charge is 2.36. The van der Waals surface area contributed by atoms with E-state index in [0.29, 0.717) is 5.91 Å². The van der Waals surface area contributed by atoms with Gasteiger partial charge in [0.1, 0.15) is 6.20 Å². The number of hydrogen-bond donors (Lipinski definition) is 1. The Hall–Kier alpha value is -1.63. The molecule has 0 bridgehead atoms. The first-order chi connectivity index (χ1) is 9.77. The van der Waals surface area contributed by atoms with Crippen molar-refractivity contribution < 1.29 is 4.90 Å². The summed E-state index contributed by atoms with van der Waals surface area (Å²) in [6, 6.07) is 21.8. The zero-order valence-electron chi connectivity index (χ0n) is 11.9. The van der Waals surface area contributed by atoms with E-state index < -0.39 is 7.92 Å². The van der Waals surface area contributed by atoms with Crippen molar-refractivity contribution in [2.24, 2.45) is 0 Å². The second-order valence-corrected chi connectivity index (χ2v) is 7.40. The van der Waals surface area contributed by atoms with Gasteiger partial charge in [0.05, 0.1) is 13.2 Å². The summed E-state index contributed by atoms with van der Waals surface area (Å²) in [6.07, 6.45) is 4.44. The molecular formula is C17H20N2P+. The summed E-state index contributed by atoms with van der Waals surface area (Å²) >= 11 is 0. The van der Waals surface area contributed by atoms with Gasteiger partial charge in [-0.3, -0.25) is 4.90 Å². The van der Waals surface area contributed by atoms with E-state index in [-0.39, 0.29) is 0 Å². The average Bonchev–Trinajstić information content (AvgIpc) is 2.82. The van der Waals surface area contributed by atoms with Crippen LogP contribution in [0.1, 0.15) is 0 Å². The first kappa shape index (κ1) is 13.4. The Bertz CT molecular complexity index is 531. The van der Waals surface area contributed by atoms with Gasteiger partial charge in [0.2, 0.25) is 0 Å². The Morgan fingerprint density at radius 1 is 0.900 bits per heavy atom. The third kappa shape index (κ3) is 2.49. The maximum absolute atomic E-state index is 2.35. The molecule has 2 unspecified atom stereocenters. The van der Waals surface area contributed by atoms with Gasteiger partial charge in [-0.1, -0.05) is 60.7 Å². The molecule has 2 aromatic carbocycles. The Morgan fingerprint density at radius 3 is 1.80 bits per heavy atom. The van der Waals surface area contributed by atoms with Crippen LogP contribution in [0.2, 0.25) is 0 Å². The van der Waals surface area contributed by atoms with Crippen LogP contribution in [0.25, 0.3) is 0 Å². The van der Waals surface area contributed by atoms with Gasteiger partial charge >= 0.3 is 0 Å². The van der Waals surface area contributed by atoms with E-state index in [2.05, 4.69) is 92.1 Å². The number of nitrogens with zero attached hydrogens (tertiary/aromatic N) is 1. The van der Waals surface area contributed by atoms with Crippen molar-refractivity contribution in [3.8, 4) is 0 Å². The van der Waals surface area contributed by atoms with Gasteiger partial charge in [-0.25, -0.2) is 0 Å². The summed E-state index contributed by atoms with van der Waals surface area (Å²) in [5.41, 5.74) is 0. The molecular weight excluding hydrogens is 263 g/mol. The molecule has 20 heavy (non-hydrogen) atoms. The minimum atomic E-state index is -0.404. The van der Waals surface area contributed by atoms with Gasteiger partial charge in [-0.05, 0) is 10.6 Å². The molecule has 0 saturated heterocycles. The Labute approximate surface area is 122 Å². The molecule has 1 heterocycles. The number of quaternary nitrogens is 1.